The van der Waals surface area contributed by atoms with E-state index in [1.807, 2.05) is 0 Å². The van der Waals surface area contributed by atoms with Gasteiger partial charge < -0.3 is 20.9 Å². The number of likely N-dealkylation sites (N-methyl/N-ethyl adjacent to an activating group) is 2. The molecule has 0 unspecified atom stereocenters. The molecule has 0 spiro atoms. The minimum atomic E-state index is -0.266. The number of nitrogens with one attached hydrogen (secondary N) is 1. The molecule has 0 fully saturated rings. The second-order valence-corrected chi connectivity index (χ2v) is 7.04. The van der Waals surface area contributed by atoms with Crippen molar-refractivity contribution < 1.29 is 9.59 Å². The van der Waals surface area contributed by atoms with E-state index in [1.54, 1.807) is 48.3 Å². The minimum Gasteiger partial charge on any atom is -0.397 e. The molecule has 0 aliphatic heterocycles. The normalized spacial score (nSPS) is 10.8. The Morgan fingerprint density at radius 3 is 2.35 bits per heavy atom. The van der Waals surface area contributed by atoms with Gasteiger partial charge >= 0.3 is 0 Å². The summed E-state index contributed by atoms with van der Waals surface area (Å²) in [6, 6.07) is 10.5. The van der Waals surface area contributed by atoms with Crippen LogP contribution in [0.5, 0.6) is 0 Å². The third-order valence-electron chi connectivity index (χ3n) is 4.24. The Hall–Kier alpha value is -2.38. The second-order valence-electron chi connectivity index (χ2n) is 5.96. The summed E-state index contributed by atoms with van der Waals surface area (Å²) in [4.78, 5) is 29.9. The van der Waals surface area contributed by atoms with Crippen LogP contribution in [-0.2, 0) is 0 Å². The Morgan fingerprint density at radius 2 is 1.69 bits per heavy atom. The van der Waals surface area contributed by atoms with Crippen molar-refractivity contribution in [2.24, 2.45) is 0 Å². The highest BCUT2D eigenvalue weighted by molar-refractivity contribution is 7.16. The van der Waals surface area contributed by atoms with E-state index in [-0.39, 0.29) is 11.8 Å². The molecule has 140 valence electrons. The van der Waals surface area contributed by atoms with Gasteiger partial charge in [-0.3, -0.25) is 9.59 Å². The number of nitrogen functional groups attached to an aromatic ring is 1. The summed E-state index contributed by atoms with van der Waals surface area (Å²) < 4.78 is 0. The fourth-order valence-corrected chi connectivity index (χ4v) is 3.39. The lowest BCUT2D eigenvalue weighted by Crippen LogP contribution is -2.36. The molecular formula is C19H26N4O2S. The van der Waals surface area contributed by atoms with Crippen molar-refractivity contribution in [2.45, 2.75) is 13.8 Å². The number of hydrogen-bond acceptors (Lipinski definition) is 5. The van der Waals surface area contributed by atoms with Crippen LogP contribution in [-0.4, -0.2) is 54.8 Å². The molecule has 0 saturated carbocycles. The summed E-state index contributed by atoms with van der Waals surface area (Å²) in [5, 5.41) is 2.78. The molecule has 1 aromatic heterocycles. The number of hydrogen-bond donors (Lipinski definition) is 2. The molecular weight excluding hydrogens is 348 g/mol. The largest absolute Gasteiger partial charge is 0.397 e. The first kappa shape index (κ1) is 19.9. The lowest BCUT2D eigenvalue weighted by atomic mass is 10.2. The number of rotatable bonds is 8. The van der Waals surface area contributed by atoms with Crippen molar-refractivity contribution in [1.82, 2.24) is 9.80 Å². The Bertz CT molecular complexity index is 756. The first-order valence-electron chi connectivity index (χ1n) is 8.69. The molecule has 1 aromatic carbocycles. The van der Waals surface area contributed by atoms with Gasteiger partial charge in [0.25, 0.3) is 11.8 Å². The van der Waals surface area contributed by atoms with E-state index in [0.717, 1.165) is 19.6 Å². The molecule has 0 saturated heterocycles. The van der Waals surface area contributed by atoms with Gasteiger partial charge in [-0.2, -0.15) is 0 Å². The Morgan fingerprint density at radius 1 is 1.04 bits per heavy atom. The SMILES string of the molecule is CCN(CC)CCN(C)C(=O)c1ccc(C(=O)Nc2ccccc2N)s1. The van der Waals surface area contributed by atoms with Crippen LogP contribution in [0.1, 0.15) is 33.2 Å². The van der Waals surface area contributed by atoms with Crippen molar-refractivity contribution >= 4 is 34.5 Å². The van der Waals surface area contributed by atoms with Crippen molar-refractivity contribution in [3.8, 4) is 0 Å². The zero-order valence-corrected chi connectivity index (χ0v) is 16.3. The summed E-state index contributed by atoms with van der Waals surface area (Å²) in [7, 11) is 1.79. The summed E-state index contributed by atoms with van der Waals surface area (Å²) in [5.74, 6) is -0.335. The van der Waals surface area contributed by atoms with Crippen LogP contribution >= 0.6 is 11.3 Å². The molecule has 3 N–H and O–H groups in total. The van der Waals surface area contributed by atoms with Crippen LogP contribution in [0.4, 0.5) is 11.4 Å². The van der Waals surface area contributed by atoms with E-state index in [4.69, 9.17) is 5.73 Å². The summed E-state index contributed by atoms with van der Waals surface area (Å²) in [6.07, 6.45) is 0. The molecule has 0 radical (unpaired) electrons. The number of carbonyl (C=O) groups excluding carboxylic acids is 2. The standard InChI is InChI=1S/C19H26N4O2S/c1-4-23(5-2)13-12-22(3)19(25)17-11-10-16(26-17)18(24)21-15-9-7-6-8-14(15)20/h6-11H,4-5,12-13,20H2,1-3H3,(H,21,24). The van der Waals surface area contributed by atoms with Crippen LogP contribution in [0.3, 0.4) is 0 Å². The number of carbonyl (C=O) groups is 2. The average Bonchev–Trinajstić information content (AvgIpc) is 3.14. The van der Waals surface area contributed by atoms with E-state index >= 15 is 0 Å². The number of amides is 2. The predicted molar refractivity (Wildman–Crippen MR) is 108 cm³/mol. The number of thiophene rings is 1. The molecule has 0 aliphatic carbocycles. The van der Waals surface area contributed by atoms with Crippen molar-refractivity contribution in [3.05, 3.63) is 46.2 Å². The number of nitrogens with zero attached hydrogens (tertiary/aromatic N) is 2. The molecule has 7 heteroatoms. The highest BCUT2D eigenvalue weighted by Gasteiger charge is 2.18. The summed E-state index contributed by atoms with van der Waals surface area (Å²) >= 11 is 1.19. The fraction of sp³-hybridized carbons (Fsp3) is 0.368. The zero-order valence-electron chi connectivity index (χ0n) is 15.5. The highest BCUT2D eigenvalue weighted by atomic mass is 32.1. The van der Waals surface area contributed by atoms with Gasteiger partial charge in [-0.05, 0) is 37.4 Å². The van der Waals surface area contributed by atoms with E-state index in [1.165, 1.54) is 11.3 Å². The smallest absolute Gasteiger partial charge is 0.265 e. The van der Waals surface area contributed by atoms with Gasteiger partial charge in [0.2, 0.25) is 0 Å². The monoisotopic (exact) mass is 374 g/mol. The lowest BCUT2D eigenvalue weighted by molar-refractivity contribution is 0.0784. The molecule has 0 bridgehead atoms. The fourth-order valence-electron chi connectivity index (χ4n) is 2.49. The van der Waals surface area contributed by atoms with Crippen LogP contribution in [0, 0.1) is 0 Å². The maximum Gasteiger partial charge on any atom is 0.265 e. The summed E-state index contributed by atoms with van der Waals surface area (Å²) in [6.45, 7) is 7.63. The van der Waals surface area contributed by atoms with E-state index < -0.39 is 0 Å². The van der Waals surface area contributed by atoms with Gasteiger partial charge in [0.05, 0.1) is 21.1 Å². The molecule has 0 aliphatic rings. The predicted octanol–water partition coefficient (Wildman–Crippen LogP) is 3.00. The maximum absolute atomic E-state index is 12.5. The zero-order chi connectivity index (χ0) is 19.1. The van der Waals surface area contributed by atoms with Crippen LogP contribution in [0.25, 0.3) is 0 Å². The number of benzene rings is 1. The number of nitrogens with two attached hydrogens (primary N) is 1. The van der Waals surface area contributed by atoms with Gasteiger partial charge in [0.1, 0.15) is 0 Å². The Balaban J connectivity index is 1.98. The molecule has 1 heterocycles. The topological polar surface area (TPSA) is 78.7 Å². The first-order valence-corrected chi connectivity index (χ1v) is 9.51. The van der Waals surface area contributed by atoms with Gasteiger partial charge in [-0.15, -0.1) is 11.3 Å². The van der Waals surface area contributed by atoms with Crippen molar-refractivity contribution in [2.75, 3.05) is 44.3 Å². The Labute approximate surface area is 158 Å². The first-order chi connectivity index (χ1) is 12.5. The van der Waals surface area contributed by atoms with Crippen LogP contribution < -0.4 is 11.1 Å². The molecule has 2 aromatic rings. The van der Waals surface area contributed by atoms with Crippen molar-refractivity contribution in [1.29, 1.82) is 0 Å². The average molecular weight is 375 g/mol. The third kappa shape index (κ3) is 5.06. The van der Waals surface area contributed by atoms with Gasteiger partial charge in [0, 0.05) is 20.1 Å². The van der Waals surface area contributed by atoms with Crippen LogP contribution in [0.2, 0.25) is 0 Å². The second kappa shape index (κ2) is 9.35. The minimum absolute atomic E-state index is 0.0690. The third-order valence-corrected chi connectivity index (χ3v) is 5.31. The van der Waals surface area contributed by atoms with Gasteiger partial charge in [-0.25, -0.2) is 0 Å². The van der Waals surface area contributed by atoms with Crippen molar-refractivity contribution in [3.63, 3.8) is 0 Å². The van der Waals surface area contributed by atoms with Gasteiger partial charge in [0.15, 0.2) is 0 Å². The molecule has 2 rings (SSSR count). The van der Waals surface area contributed by atoms with Gasteiger partial charge in [-0.1, -0.05) is 26.0 Å². The summed E-state index contributed by atoms with van der Waals surface area (Å²) in [5.41, 5.74) is 6.91. The number of para-hydroxylation sites is 2. The lowest BCUT2D eigenvalue weighted by Gasteiger charge is -2.22. The molecule has 2 amide bonds. The van der Waals surface area contributed by atoms with E-state index in [2.05, 4.69) is 24.1 Å². The maximum atomic E-state index is 12.5. The molecule has 6 nitrogen and oxygen atoms in total. The van der Waals surface area contributed by atoms with E-state index in [9.17, 15) is 9.59 Å². The molecule has 0 atom stereocenters. The molecule has 26 heavy (non-hydrogen) atoms. The van der Waals surface area contributed by atoms with Crippen LogP contribution in [0.15, 0.2) is 36.4 Å². The Kier molecular flexibility index (Phi) is 7.17. The highest BCUT2D eigenvalue weighted by Crippen LogP contribution is 2.22. The number of anilines is 2. The van der Waals surface area contributed by atoms with E-state index in [0.29, 0.717) is 27.7 Å². The quantitative estimate of drug-likeness (QED) is 0.696.